The highest BCUT2D eigenvalue weighted by Crippen LogP contribution is 2.27. The number of hydrogen-bond donors (Lipinski definition) is 0. The molecule has 3 aromatic rings. The molecule has 1 amide bonds. The predicted molar refractivity (Wildman–Crippen MR) is 96.2 cm³/mol. The summed E-state index contributed by atoms with van der Waals surface area (Å²) in [5.74, 6) is 0.629. The summed E-state index contributed by atoms with van der Waals surface area (Å²) in [6, 6.07) is 10.4. The Balaban J connectivity index is 1.82. The summed E-state index contributed by atoms with van der Waals surface area (Å²) in [4.78, 5) is 14.2. The van der Waals surface area contributed by atoms with Crippen molar-refractivity contribution in [2.24, 2.45) is 0 Å². The van der Waals surface area contributed by atoms with E-state index in [0.29, 0.717) is 27.0 Å². The minimum Gasteiger partial charge on any atom is -0.444 e. The third kappa shape index (κ3) is 3.93. The van der Waals surface area contributed by atoms with Crippen LogP contribution in [0.2, 0.25) is 5.02 Å². The minimum atomic E-state index is -0.252. The monoisotopic (exact) mass is 423 g/mol. The van der Waals surface area contributed by atoms with Crippen LogP contribution in [0.4, 0.5) is 0 Å². The van der Waals surface area contributed by atoms with Crippen molar-refractivity contribution in [3.8, 4) is 11.5 Å². The summed E-state index contributed by atoms with van der Waals surface area (Å²) in [5, 5.41) is 8.58. The molecule has 3 rings (SSSR count). The van der Waals surface area contributed by atoms with E-state index in [0.717, 1.165) is 0 Å². The molecule has 0 saturated heterocycles. The number of halogens is 2. The molecule has 0 aliphatic rings. The standard InChI is InChI=1S/C17H15BrClN3O3/c1-10(2)22(17(23)13-7-8-14(18)24-13)9-15-20-21-16(25-15)11-5-3-4-6-12(11)19/h3-8,10H,9H2,1-2H3. The molecule has 2 aromatic heterocycles. The average Bonchev–Trinajstić information content (AvgIpc) is 3.21. The first kappa shape index (κ1) is 17.7. The number of hydrogen-bond acceptors (Lipinski definition) is 5. The molecule has 130 valence electrons. The summed E-state index contributed by atoms with van der Waals surface area (Å²) in [7, 11) is 0. The van der Waals surface area contributed by atoms with Crippen LogP contribution in [0.25, 0.3) is 11.5 Å². The Morgan fingerprint density at radius 3 is 2.60 bits per heavy atom. The number of carbonyl (C=O) groups is 1. The lowest BCUT2D eigenvalue weighted by molar-refractivity contribution is 0.0638. The van der Waals surface area contributed by atoms with Gasteiger partial charge >= 0.3 is 0 Å². The molecule has 0 radical (unpaired) electrons. The molecular formula is C17H15BrClN3O3. The molecule has 0 unspecified atom stereocenters. The summed E-state index contributed by atoms with van der Waals surface area (Å²) in [6.07, 6.45) is 0. The van der Waals surface area contributed by atoms with Gasteiger partial charge in [0.2, 0.25) is 11.8 Å². The highest BCUT2D eigenvalue weighted by Gasteiger charge is 2.24. The molecule has 0 spiro atoms. The second-order valence-electron chi connectivity index (χ2n) is 5.61. The van der Waals surface area contributed by atoms with Gasteiger partial charge in [0.25, 0.3) is 5.91 Å². The molecule has 25 heavy (non-hydrogen) atoms. The van der Waals surface area contributed by atoms with Crippen LogP contribution in [-0.4, -0.2) is 27.0 Å². The molecule has 0 atom stereocenters. The largest absolute Gasteiger partial charge is 0.444 e. The first-order valence-corrected chi connectivity index (χ1v) is 8.76. The summed E-state index contributed by atoms with van der Waals surface area (Å²) in [6.45, 7) is 3.98. The van der Waals surface area contributed by atoms with Crippen LogP contribution in [0.1, 0.15) is 30.3 Å². The molecule has 2 heterocycles. The Morgan fingerprint density at radius 2 is 1.96 bits per heavy atom. The zero-order valence-electron chi connectivity index (χ0n) is 13.6. The number of carbonyl (C=O) groups excluding carboxylic acids is 1. The summed E-state index contributed by atoms with van der Waals surface area (Å²) in [5.41, 5.74) is 0.653. The molecule has 0 saturated carbocycles. The molecular weight excluding hydrogens is 410 g/mol. The minimum absolute atomic E-state index is 0.0768. The zero-order chi connectivity index (χ0) is 18.0. The molecule has 8 heteroatoms. The average molecular weight is 425 g/mol. The molecule has 1 aromatic carbocycles. The van der Waals surface area contributed by atoms with E-state index in [4.69, 9.17) is 20.4 Å². The number of amides is 1. The number of aromatic nitrogens is 2. The van der Waals surface area contributed by atoms with Crippen molar-refractivity contribution in [1.82, 2.24) is 15.1 Å². The van der Waals surface area contributed by atoms with Crippen molar-refractivity contribution >= 4 is 33.4 Å². The Labute approximate surface area is 157 Å². The quantitative estimate of drug-likeness (QED) is 0.588. The molecule has 0 aliphatic carbocycles. The Hall–Kier alpha value is -2.12. The Bertz CT molecular complexity index is 891. The van der Waals surface area contributed by atoms with Gasteiger partial charge in [-0.2, -0.15) is 0 Å². The van der Waals surface area contributed by atoms with E-state index in [9.17, 15) is 4.79 Å². The van der Waals surface area contributed by atoms with E-state index in [1.165, 1.54) is 0 Å². The van der Waals surface area contributed by atoms with Crippen molar-refractivity contribution in [2.75, 3.05) is 0 Å². The topological polar surface area (TPSA) is 72.4 Å². The van der Waals surface area contributed by atoms with Crippen molar-refractivity contribution in [3.63, 3.8) is 0 Å². The second-order valence-corrected chi connectivity index (χ2v) is 6.80. The number of rotatable bonds is 5. The van der Waals surface area contributed by atoms with Crippen molar-refractivity contribution in [1.29, 1.82) is 0 Å². The maximum Gasteiger partial charge on any atom is 0.290 e. The van der Waals surface area contributed by atoms with Crippen molar-refractivity contribution in [3.05, 3.63) is 57.7 Å². The van der Waals surface area contributed by atoms with E-state index in [1.54, 1.807) is 29.2 Å². The normalized spacial score (nSPS) is 11.1. The van der Waals surface area contributed by atoms with Crippen LogP contribution in [0, 0.1) is 0 Å². The smallest absolute Gasteiger partial charge is 0.290 e. The van der Waals surface area contributed by atoms with E-state index in [2.05, 4.69) is 26.1 Å². The first-order valence-electron chi connectivity index (χ1n) is 7.59. The van der Waals surface area contributed by atoms with Crippen LogP contribution in [0.3, 0.4) is 0 Å². The highest BCUT2D eigenvalue weighted by molar-refractivity contribution is 9.10. The molecule has 0 fully saturated rings. The molecule has 6 nitrogen and oxygen atoms in total. The molecule has 0 bridgehead atoms. The maximum atomic E-state index is 12.6. The Morgan fingerprint density at radius 1 is 1.20 bits per heavy atom. The fraction of sp³-hybridized carbons (Fsp3) is 0.235. The molecule has 0 N–H and O–H groups in total. The molecule has 0 aliphatic heterocycles. The van der Waals surface area contributed by atoms with Crippen LogP contribution in [0.5, 0.6) is 0 Å². The van der Waals surface area contributed by atoms with E-state index < -0.39 is 0 Å². The lowest BCUT2D eigenvalue weighted by Crippen LogP contribution is -2.36. The van der Waals surface area contributed by atoms with Gasteiger partial charge in [0.15, 0.2) is 10.4 Å². The van der Waals surface area contributed by atoms with Crippen LogP contribution in [-0.2, 0) is 6.54 Å². The summed E-state index contributed by atoms with van der Waals surface area (Å²) >= 11 is 9.35. The van der Waals surface area contributed by atoms with E-state index in [-0.39, 0.29) is 24.3 Å². The van der Waals surface area contributed by atoms with Gasteiger partial charge in [0.05, 0.1) is 17.1 Å². The highest BCUT2D eigenvalue weighted by atomic mass is 79.9. The first-order chi connectivity index (χ1) is 12.0. The van der Waals surface area contributed by atoms with Gasteiger partial charge in [-0.3, -0.25) is 4.79 Å². The number of benzene rings is 1. The van der Waals surface area contributed by atoms with Crippen molar-refractivity contribution in [2.45, 2.75) is 26.4 Å². The maximum absolute atomic E-state index is 12.6. The van der Waals surface area contributed by atoms with Gasteiger partial charge in [-0.25, -0.2) is 0 Å². The fourth-order valence-corrected chi connectivity index (χ4v) is 2.79. The van der Waals surface area contributed by atoms with Gasteiger partial charge < -0.3 is 13.7 Å². The number of furan rings is 1. The van der Waals surface area contributed by atoms with E-state index in [1.807, 2.05) is 26.0 Å². The third-order valence-electron chi connectivity index (χ3n) is 3.54. The summed E-state index contributed by atoms with van der Waals surface area (Å²) < 4.78 is 11.5. The number of nitrogens with zero attached hydrogens (tertiary/aromatic N) is 3. The van der Waals surface area contributed by atoms with E-state index >= 15 is 0 Å². The fourth-order valence-electron chi connectivity index (χ4n) is 2.27. The van der Waals surface area contributed by atoms with Gasteiger partial charge in [-0.15, -0.1) is 10.2 Å². The van der Waals surface area contributed by atoms with Crippen LogP contribution < -0.4 is 0 Å². The van der Waals surface area contributed by atoms with Crippen molar-refractivity contribution < 1.29 is 13.6 Å². The van der Waals surface area contributed by atoms with Crippen LogP contribution >= 0.6 is 27.5 Å². The van der Waals surface area contributed by atoms with Gasteiger partial charge in [-0.1, -0.05) is 23.7 Å². The lowest BCUT2D eigenvalue weighted by Gasteiger charge is -2.24. The second kappa shape index (κ2) is 7.41. The SMILES string of the molecule is CC(C)N(Cc1nnc(-c2ccccc2Cl)o1)C(=O)c1ccc(Br)o1. The van der Waals surface area contributed by atoms with Crippen LogP contribution in [0.15, 0.2) is 49.9 Å². The lowest BCUT2D eigenvalue weighted by atomic mass is 10.2. The predicted octanol–water partition coefficient (Wildman–Crippen LogP) is 4.80. The zero-order valence-corrected chi connectivity index (χ0v) is 15.9. The van der Waals surface area contributed by atoms with Gasteiger partial charge in [0, 0.05) is 6.04 Å². The van der Waals surface area contributed by atoms with Gasteiger partial charge in [0.1, 0.15) is 0 Å². The van der Waals surface area contributed by atoms with Gasteiger partial charge in [-0.05, 0) is 54.0 Å². The third-order valence-corrected chi connectivity index (χ3v) is 4.30. The Kier molecular flexibility index (Phi) is 5.24.